The van der Waals surface area contributed by atoms with Crippen molar-refractivity contribution in [1.29, 1.82) is 0 Å². The quantitative estimate of drug-likeness (QED) is 0.913. The molecule has 0 saturated heterocycles. The molecule has 80 valence electrons. The zero-order valence-corrected chi connectivity index (χ0v) is 11.3. The maximum atomic E-state index is 5.49. The van der Waals surface area contributed by atoms with Crippen molar-refractivity contribution in [3.8, 4) is 0 Å². The molecule has 1 atom stereocenters. The molecule has 0 radical (unpaired) electrons. The van der Waals surface area contributed by atoms with Gasteiger partial charge in [-0.15, -0.1) is 0 Å². The van der Waals surface area contributed by atoms with Gasteiger partial charge in [-0.1, -0.05) is 0 Å². The first-order chi connectivity index (χ1) is 6.53. The van der Waals surface area contributed by atoms with Crippen molar-refractivity contribution in [2.24, 2.45) is 0 Å². The highest BCUT2D eigenvalue weighted by Gasteiger charge is 2.30. The summed E-state index contributed by atoms with van der Waals surface area (Å²) in [5, 5.41) is 7.52. The second-order valence-corrected chi connectivity index (χ2v) is 5.30. The van der Waals surface area contributed by atoms with E-state index in [2.05, 4.69) is 45.9 Å². The lowest BCUT2D eigenvalue weighted by Crippen LogP contribution is -2.39. The predicted molar refractivity (Wildman–Crippen MR) is 64.9 cm³/mol. The van der Waals surface area contributed by atoms with Gasteiger partial charge in [-0.3, -0.25) is 0 Å². The molecular formula is C10H16BrNOS. The molecular weight excluding hydrogens is 262 g/mol. The minimum atomic E-state index is -0.210. The normalized spacial score (nSPS) is 14.4. The molecule has 1 N–H and O–H groups in total. The fraction of sp³-hybridized carbons (Fsp3) is 0.600. The highest BCUT2D eigenvalue weighted by molar-refractivity contribution is 9.10. The lowest BCUT2D eigenvalue weighted by Gasteiger charge is -2.32. The van der Waals surface area contributed by atoms with Crippen molar-refractivity contribution in [1.82, 2.24) is 5.32 Å². The van der Waals surface area contributed by atoms with E-state index in [1.54, 1.807) is 18.4 Å². The monoisotopic (exact) mass is 277 g/mol. The van der Waals surface area contributed by atoms with Crippen LogP contribution >= 0.6 is 27.3 Å². The predicted octanol–water partition coefficient (Wildman–Crippen LogP) is 3.20. The number of hydrogen-bond donors (Lipinski definition) is 1. The van der Waals surface area contributed by atoms with Crippen LogP contribution in [0, 0.1) is 0 Å². The maximum Gasteiger partial charge on any atom is 0.0817 e. The van der Waals surface area contributed by atoms with Gasteiger partial charge < -0.3 is 10.1 Å². The zero-order chi connectivity index (χ0) is 10.8. The summed E-state index contributed by atoms with van der Waals surface area (Å²) in [6.07, 6.45) is 0. The summed E-state index contributed by atoms with van der Waals surface area (Å²) in [6, 6.07) is 0.202. The lowest BCUT2D eigenvalue weighted by atomic mass is 9.94. The first-order valence-corrected chi connectivity index (χ1v) is 6.20. The summed E-state index contributed by atoms with van der Waals surface area (Å²) in [4.78, 5) is 0. The van der Waals surface area contributed by atoms with Crippen LogP contribution in [-0.2, 0) is 4.74 Å². The molecule has 4 heteroatoms. The summed E-state index contributed by atoms with van der Waals surface area (Å²) >= 11 is 5.24. The Kier molecular flexibility index (Phi) is 4.13. The van der Waals surface area contributed by atoms with Crippen molar-refractivity contribution in [3.05, 3.63) is 20.8 Å². The van der Waals surface area contributed by atoms with E-state index in [4.69, 9.17) is 4.74 Å². The van der Waals surface area contributed by atoms with Crippen LogP contribution in [0.15, 0.2) is 15.2 Å². The van der Waals surface area contributed by atoms with Crippen molar-refractivity contribution < 1.29 is 4.74 Å². The van der Waals surface area contributed by atoms with Gasteiger partial charge in [0.15, 0.2) is 0 Å². The molecule has 14 heavy (non-hydrogen) atoms. The third-order valence-corrected chi connectivity index (χ3v) is 4.21. The standard InChI is InChI=1S/C10H16BrNOS/c1-10(2,13-4)9(12-3)7-5-14-6-8(7)11/h5-6,9,12H,1-4H3. The Labute approximate surface area is 97.8 Å². The molecule has 1 rings (SSSR count). The van der Waals surface area contributed by atoms with Gasteiger partial charge in [0.2, 0.25) is 0 Å². The molecule has 1 aromatic rings. The first kappa shape index (κ1) is 12.2. The smallest absolute Gasteiger partial charge is 0.0817 e. The summed E-state index contributed by atoms with van der Waals surface area (Å²) < 4.78 is 6.64. The van der Waals surface area contributed by atoms with Crippen LogP contribution < -0.4 is 5.32 Å². The van der Waals surface area contributed by atoms with Gasteiger partial charge in [0.25, 0.3) is 0 Å². The zero-order valence-electron chi connectivity index (χ0n) is 8.93. The van der Waals surface area contributed by atoms with Gasteiger partial charge in [0, 0.05) is 17.0 Å². The highest BCUT2D eigenvalue weighted by Crippen LogP contribution is 2.34. The Hall–Kier alpha value is 0.1000. The van der Waals surface area contributed by atoms with Crippen LogP contribution in [-0.4, -0.2) is 19.8 Å². The highest BCUT2D eigenvalue weighted by atomic mass is 79.9. The molecule has 2 nitrogen and oxygen atoms in total. The van der Waals surface area contributed by atoms with E-state index in [-0.39, 0.29) is 11.6 Å². The van der Waals surface area contributed by atoms with Crippen molar-refractivity contribution in [3.63, 3.8) is 0 Å². The fourth-order valence-corrected chi connectivity index (χ4v) is 3.04. The van der Waals surface area contributed by atoms with Crippen LogP contribution in [0.3, 0.4) is 0 Å². The second kappa shape index (κ2) is 4.75. The van der Waals surface area contributed by atoms with E-state index in [1.165, 1.54) is 5.56 Å². The Morgan fingerprint density at radius 3 is 2.50 bits per heavy atom. The van der Waals surface area contributed by atoms with Crippen LogP contribution in [0.2, 0.25) is 0 Å². The summed E-state index contributed by atoms with van der Waals surface area (Å²) in [6.45, 7) is 4.16. The van der Waals surface area contributed by atoms with Crippen molar-refractivity contribution >= 4 is 27.3 Å². The minimum Gasteiger partial charge on any atom is -0.377 e. The van der Waals surface area contributed by atoms with Gasteiger partial charge in [0.1, 0.15) is 0 Å². The Balaban J connectivity index is 2.99. The van der Waals surface area contributed by atoms with Crippen LogP contribution in [0.5, 0.6) is 0 Å². The average Bonchev–Trinajstić information content (AvgIpc) is 2.53. The third kappa shape index (κ3) is 2.37. The van der Waals surface area contributed by atoms with E-state index >= 15 is 0 Å². The van der Waals surface area contributed by atoms with Crippen molar-refractivity contribution in [2.75, 3.05) is 14.2 Å². The molecule has 1 aromatic heterocycles. The molecule has 0 aliphatic rings. The fourth-order valence-electron chi connectivity index (χ4n) is 1.49. The number of ether oxygens (including phenoxy) is 1. The molecule has 0 aliphatic carbocycles. The molecule has 0 spiro atoms. The number of thiophene rings is 1. The first-order valence-electron chi connectivity index (χ1n) is 4.47. The van der Waals surface area contributed by atoms with Crippen LogP contribution in [0.4, 0.5) is 0 Å². The van der Waals surface area contributed by atoms with E-state index in [1.807, 2.05) is 7.05 Å². The Morgan fingerprint density at radius 1 is 1.50 bits per heavy atom. The number of hydrogen-bond acceptors (Lipinski definition) is 3. The van der Waals surface area contributed by atoms with Gasteiger partial charge in [-0.05, 0) is 47.8 Å². The number of halogens is 1. The minimum absolute atomic E-state index is 0.202. The lowest BCUT2D eigenvalue weighted by molar-refractivity contribution is -0.00905. The topological polar surface area (TPSA) is 21.3 Å². The summed E-state index contributed by atoms with van der Waals surface area (Å²) in [7, 11) is 3.69. The van der Waals surface area contributed by atoms with E-state index < -0.39 is 0 Å². The van der Waals surface area contributed by atoms with Crippen molar-refractivity contribution in [2.45, 2.75) is 25.5 Å². The molecule has 1 heterocycles. The van der Waals surface area contributed by atoms with Gasteiger partial charge in [-0.25, -0.2) is 0 Å². The van der Waals surface area contributed by atoms with Gasteiger partial charge in [-0.2, -0.15) is 11.3 Å². The SMILES string of the molecule is CNC(c1cscc1Br)C(C)(C)OC. The number of likely N-dealkylation sites (N-methyl/N-ethyl adjacent to an activating group) is 1. The molecule has 0 bridgehead atoms. The molecule has 0 amide bonds. The van der Waals surface area contributed by atoms with Gasteiger partial charge >= 0.3 is 0 Å². The van der Waals surface area contributed by atoms with E-state index in [0.717, 1.165) is 4.47 Å². The molecule has 0 aliphatic heterocycles. The maximum absolute atomic E-state index is 5.49. The largest absolute Gasteiger partial charge is 0.377 e. The van der Waals surface area contributed by atoms with Gasteiger partial charge in [0.05, 0.1) is 11.6 Å². The summed E-state index contributed by atoms with van der Waals surface area (Å²) in [5.41, 5.74) is 1.04. The molecule has 0 aromatic carbocycles. The third-order valence-electron chi connectivity index (χ3n) is 2.46. The number of nitrogens with one attached hydrogen (secondary N) is 1. The number of methoxy groups -OCH3 is 1. The van der Waals surface area contributed by atoms with Crippen LogP contribution in [0.1, 0.15) is 25.5 Å². The number of rotatable bonds is 4. The average molecular weight is 278 g/mol. The van der Waals surface area contributed by atoms with Crippen LogP contribution in [0.25, 0.3) is 0 Å². The second-order valence-electron chi connectivity index (χ2n) is 3.70. The molecule has 0 fully saturated rings. The summed E-state index contributed by atoms with van der Waals surface area (Å²) in [5.74, 6) is 0. The Bertz CT molecular complexity index is 298. The van der Waals surface area contributed by atoms with E-state index in [9.17, 15) is 0 Å². The van der Waals surface area contributed by atoms with E-state index in [0.29, 0.717) is 0 Å². The molecule has 0 saturated carbocycles. The Morgan fingerprint density at radius 2 is 2.14 bits per heavy atom. The molecule has 1 unspecified atom stereocenters.